The molecule has 1 aliphatic rings. The number of pyridine rings is 1. The van der Waals surface area contributed by atoms with Crippen LogP contribution in [0, 0.1) is 11.3 Å². The summed E-state index contributed by atoms with van der Waals surface area (Å²) in [6, 6.07) is 11.1. The van der Waals surface area contributed by atoms with E-state index in [1.165, 1.54) is 6.07 Å². The lowest BCUT2D eigenvalue weighted by molar-refractivity contribution is 0.318. The van der Waals surface area contributed by atoms with E-state index >= 15 is 0 Å². The quantitative estimate of drug-likeness (QED) is 0.850. The van der Waals surface area contributed by atoms with Crippen molar-refractivity contribution in [1.29, 1.82) is 5.26 Å². The van der Waals surface area contributed by atoms with Gasteiger partial charge in [-0.1, -0.05) is 15.9 Å². The standard InChI is InChI=1S/C15H11BrN2O2/c16-12-3-4-14-13(6-12)11(9-20-14)8-18-5-1-2-10(7-17)15(18)19/h1-6,11H,8-9H2. The van der Waals surface area contributed by atoms with Crippen LogP contribution in [-0.2, 0) is 6.54 Å². The van der Waals surface area contributed by atoms with Crippen molar-refractivity contribution in [2.45, 2.75) is 12.5 Å². The van der Waals surface area contributed by atoms with Gasteiger partial charge >= 0.3 is 0 Å². The number of aromatic nitrogens is 1. The molecule has 0 saturated carbocycles. The van der Waals surface area contributed by atoms with Gasteiger partial charge in [0.05, 0.1) is 6.61 Å². The van der Waals surface area contributed by atoms with Crippen LogP contribution in [0.4, 0.5) is 0 Å². The Morgan fingerprint density at radius 1 is 1.45 bits per heavy atom. The fourth-order valence-electron chi connectivity index (χ4n) is 2.40. The molecule has 2 aromatic rings. The molecule has 4 nitrogen and oxygen atoms in total. The summed E-state index contributed by atoms with van der Waals surface area (Å²) in [4.78, 5) is 12.1. The van der Waals surface area contributed by atoms with Gasteiger partial charge in [-0.15, -0.1) is 0 Å². The smallest absolute Gasteiger partial charge is 0.268 e. The molecule has 20 heavy (non-hydrogen) atoms. The number of halogens is 1. The van der Waals surface area contributed by atoms with E-state index in [1.54, 1.807) is 16.8 Å². The third-order valence-electron chi connectivity index (χ3n) is 3.41. The minimum atomic E-state index is -0.251. The number of hydrogen-bond donors (Lipinski definition) is 0. The third kappa shape index (κ3) is 2.23. The molecule has 0 spiro atoms. The highest BCUT2D eigenvalue weighted by molar-refractivity contribution is 9.10. The minimum absolute atomic E-state index is 0.120. The zero-order chi connectivity index (χ0) is 14.1. The Morgan fingerprint density at radius 2 is 2.30 bits per heavy atom. The maximum Gasteiger partial charge on any atom is 0.268 e. The first-order valence-corrected chi connectivity index (χ1v) is 7.00. The van der Waals surface area contributed by atoms with Gasteiger partial charge in [0.2, 0.25) is 0 Å². The van der Waals surface area contributed by atoms with Gasteiger partial charge < -0.3 is 9.30 Å². The largest absolute Gasteiger partial charge is 0.493 e. The molecule has 1 unspecified atom stereocenters. The number of fused-ring (bicyclic) bond motifs is 1. The number of nitriles is 1. The molecule has 0 bridgehead atoms. The van der Waals surface area contributed by atoms with Gasteiger partial charge in [0.1, 0.15) is 17.4 Å². The van der Waals surface area contributed by atoms with Crippen LogP contribution in [0.15, 0.2) is 45.8 Å². The molecule has 0 saturated heterocycles. The van der Waals surface area contributed by atoms with Crippen LogP contribution in [0.5, 0.6) is 5.75 Å². The number of nitrogens with zero attached hydrogens (tertiary/aromatic N) is 2. The molecular formula is C15H11BrN2O2. The molecular weight excluding hydrogens is 320 g/mol. The fraction of sp³-hybridized carbons (Fsp3) is 0.200. The van der Waals surface area contributed by atoms with Gasteiger partial charge in [-0.25, -0.2) is 0 Å². The van der Waals surface area contributed by atoms with Gasteiger partial charge in [0.25, 0.3) is 5.56 Å². The summed E-state index contributed by atoms with van der Waals surface area (Å²) < 4.78 is 8.20. The molecule has 1 aliphatic heterocycles. The molecule has 0 aliphatic carbocycles. The van der Waals surface area contributed by atoms with Crippen molar-refractivity contribution < 1.29 is 4.74 Å². The maximum absolute atomic E-state index is 12.1. The third-order valence-corrected chi connectivity index (χ3v) is 3.90. The van der Waals surface area contributed by atoms with Crippen LogP contribution >= 0.6 is 15.9 Å². The highest BCUT2D eigenvalue weighted by Gasteiger charge is 2.25. The Labute approximate surface area is 124 Å². The Hall–Kier alpha value is -2.06. The van der Waals surface area contributed by atoms with Gasteiger partial charge in [-0.2, -0.15) is 5.26 Å². The molecule has 1 aromatic heterocycles. The highest BCUT2D eigenvalue weighted by Crippen LogP contribution is 2.36. The Bertz CT molecular complexity index is 761. The predicted octanol–water partition coefficient (Wildman–Crippen LogP) is 2.66. The van der Waals surface area contributed by atoms with Gasteiger partial charge in [-0.3, -0.25) is 4.79 Å². The molecule has 0 radical (unpaired) electrons. The summed E-state index contributed by atoms with van der Waals surface area (Å²) in [7, 11) is 0. The molecule has 1 aromatic carbocycles. The molecule has 3 rings (SSSR count). The van der Waals surface area contributed by atoms with Crippen LogP contribution < -0.4 is 10.3 Å². The van der Waals surface area contributed by atoms with Crippen molar-refractivity contribution in [3.8, 4) is 11.8 Å². The van der Waals surface area contributed by atoms with Crippen molar-refractivity contribution in [1.82, 2.24) is 4.57 Å². The number of hydrogen-bond acceptors (Lipinski definition) is 3. The molecule has 0 amide bonds. The lowest BCUT2D eigenvalue weighted by Gasteiger charge is -2.11. The van der Waals surface area contributed by atoms with Gasteiger partial charge in [-0.05, 0) is 30.3 Å². The second kappa shape index (κ2) is 5.14. The van der Waals surface area contributed by atoms with Gasteiger partial charge in [0, 0.05) is 28.7 Å². The monoisotopic (exact) mass is 330 g/mol. The first-order valence-electron chi connectivity index (χ1n) is 6.21. The van der Waals surface area contributed by atoms with E-state index < -0.39 is 0 Å². The minimum Gasteiger partial charge on any atom is -0.493 e. The summed E-state index contributed by atoms with van der Waals surface area (Å²) in [5, 5.41) is 8.90. The topological polar surface area (TPSA) is 55.0 Å². The second-order valence-electron chi connectivity index (χ2n) is 4.68. The molecule has 0 fully saturated rings. The summed E-state index contributed by atoms with van der Waals surface area (Å²) in [6.45, 7) is 1.06. The Kier molecular flexibility index (Phi) is 3.33. The normalized spacial score (nSPS) is 16.3. The van der Waals surface area contributed by atoms with Crippen molar-refractivity contribution >= 4 is 15.9 Å². The van der Waals surface area contributed by atoms with E-state index in [1.807, 2.05) is 24.3 Å². The van der Waals surface area contributed by atoms with E-state index in [0.717, 1.165) is 15.8 Å². The first kappa shape index (κ1) is 12.9. The number of rotatable bonds is 2. The fourth-order valence-corrected chi connectivity index (χ4v) is 2.78. The van der Waals surface area contributed by atoms with Crippen LogP contribution in [0.2, 0.25) is 0 Å². The summed E-state index contributed by atoms with van der Waals surface area (Å²) >= 11 is 3.45. The van der Waals surface area contributed by atoms with Crippen LogP contribution in [0.1, 0.15) is 17.0 Å². The van der Waals surface area contributed by atoms with Crippen LogP contribution in [0.25, 0.3) is 0 Å². The second-order valence-corrected chi connectivity index (χ2v) is 5.60. The SMILES string of the molecule is N#Cc1cccn(CC2COc3ccc(Br)cc32)c1=O. The number of ether oxygens (including phenoxy) is 1. The van der Waals surface area contributed by atoms with Crippen molar-refractivity contribution in [3.05, 3.63) is 62.5 Å². The summed E-state index contributed by atoms with van der Waals surface area (Å²) in [6.07, 6.45) is 1.71. The Morgan fingerprint density at radius 3 is 3.10 bits per heavy atom. The Balaban J connectivity index is 1.94. The summed E-state index contributed by atoms with van der Waals surface area (Å²) in [5.41, 5.74) is 1.01. The molecule has 0 N–H and O–H groups in total. The summed E-state index contributed by atoms with van der Waals surface area (Å²) in [5.74, 6) is 0.983. The molecule has 5 heteroatoms. The van der Waals surface area contributed by atoms with E-state index in [2.05, 4.69) is 15.9 Å². The van der Waals surface area contributed by atoms with Crippen molar-refractivity contribution in [2.24, 2.45) is 0 Å². The van der Waals surface area contributed by atoms with Crippen LogP contribution in [0.3, 0.4) is 0 Å². The highest BCUT2D eigenvalue weighted by atomic mass is 79.9. The van der Waals surface area contributed by atoms with E-state index in [4.69, 9.17) is 10.00 Å². The van der Waals surface area contributed by atoms with Crippen LogP contribution in [-0.4, -0.2) is 11.2 Å². The average Bonchev–Trinajstić information content (AvgIpc) is 2.83. The van der Waals surface area contributed by atoms with E-state index in [-0.39, 0.29) is 17.0 Å². The lowest BCUT2D eigenvalue weighted by atomic mass is 10.0. The maximum atomic E-state index is 12.1. The lowest BCUT2D eigenvalue weighted by Crippen LogP contribution is -2.25. The first-order chi connectivity index (χ1) is 9.69. The number of benzene rings is 1. The van der Waals surface area contributed by atoms with Gasteiger partial charge in [0.15, 0.2) is 0 Å². The van der Waals surface area contributed by atoms with Crippen molar-refractivity contribution in [3.63, 3.8) is 0 Å². The van der Waals surface area contributed by atoms with Crippen molar-refractivity contribution in [2.75, 3.05) is 6.61 Å². The zero-order valence-electron chi connectivity index (χ0n) is 10.5. The molecule has 100 valence electrons. The predicted molar refractivity (Wildman–Crippen MR) is 77.8 cm³/mol. The van der Waals surface area contributed by atoms with E-state index in [9.17, 15) is 4.79 Å². The molecule has 1 atom stereocenters. The zero-order valence-corrected chi connectivity index (χ0v) is 12.1. The average molecular weight is 331 g/mol. The molecule has 2 heterocycles. The van der Waals surface area contributed by atoms with E-state index in [0.29, 0.717) is 13.2 Å².